The highest BCUT2D eigenvalue weighted by atomic mass is 19.1. The van der Waals surface area contributed by atoms with Crippen LogP contribution in [-0.4, -0.2) is 35.8 Å². The van der Waals surface area contributed by atoms with Gasteiger partial charge < -0.3 is 10.2 Å². The largest absolute Gasteiger partial charge is 0.352 e. The average molecular weight is 266 g/mol. The first-order valence-electron chi connectivity index (χ1n) is 6.28. The molecule has 2 amide bonds. The summed E-state index contributed by atoms with van der Waals surface area (Å²) in [5, 5.41) is 2.72. The van der Waals surface area contributed by atoms with E-state index in [1.807, 2.05) is 13.8 Å². The molecule has 0 radical (unpaired) electrons. The molecule has 0 saturated carbocycles. The van der Waals surface area contributed by atoms with Gasteiger partial charge in [-0.15, -0.1) is 0 Å². The van der Waals surface area contributed by atoms with E-state index in [-0.39, 0.29) is 30.0 Å². The Hall–Kier alpha value is -1.91. The van der Waals surface area contributed by atoms with Gasteiger partial charge in [0.25, 0.3) is 5.91 Å². The third kappa shape index (κ3) is 4.69. The highest BCUT2D eigenvalue weighted by Gasteiger charge is 2.17. The minimum Gasteiger partial charge on any atom is -0.352 e. The van der Waals surface area contributed by atoms with E-state index in [0.29, 0.717) is 6.54 Å². The van der Waals surface area contributed by atoms with Gasteiger partial charge in [-0.2, -0.15) is 0 Å². The van der Waals surface area contributed by atoms with E-state index in [1.54, 1.807) is 6.92 Å². The zero-order valence-corrected chi connectivity index (χ0v) is 11.4. The van der Waals surface area contributed by atoms with Crippen molar-refractivity contribution in [2.75, 3.05) is 13.1 Å². The summed E-state index contributed by atoms with van der Waals surface area (Å²) < 4.78 is 13.1. The highest BCUT2D eigenvalue weighted by Crippen LogP contribution is 2.07. The van der Waals surface area contributed by atoms with Crippen molar-refractivity contribution in [3.63, 3.8) is 0 Å². The second-order valence-corrected chi connectivity index (χ2v) is 4.55. The maximum atomic E-state index is 13.1. The molecule has 1 aromatic rings. The Morgan fingerprint density at radius 3 is 2.58 bits per heavy atom. The van der Waals surface area contributed by atoms with Crippen LogP contribution in [-0.2, 0) is 4.79 Å². The molecule has 1 rings (SSSR count). The summed E-state index contributed by atoms with van der Waals surface area (Å²) in [5.74, 6) is -1.03. The molecule has 0 aliphatic heterocycles. The lowest BCUT2D eigenvalue weighted by Crippen LogP contribution is -2.42. The molecule has 0 saturated heterocycles. The molecule has 0 aliphatic carbocycles. The van der Waals surface area contributed by atoms with E-state index >= 15 is 0 Å². The lowest BCUT2D eigenvalue weighted by atomic mass is 10.2. The number of hydrogen-bond acceptors (Lipinski definition) is 2. The van der Waals surface area contributed by atoms with Crippen molar-refractivity contribution >= 4 is 11.8 Å². The molecule has 0 atom stereocenters. The summed E-state index contributed by atoms with van der Waals surface area (Å²) in [4.78, 5) is 25.2. The minimum atomic E-state index is -0.464. The third-order valence-corrected chi connectivity index (χ3v) is 2.52. The fourth-order valence-electron chi connectivity index (χ4n) is 1.67. The van der Waals surface area contributed by atoms with Gasteiger partial charge in [0, 0.05) is 18.2 Å². The summed E-state index contributed by atoms with van der Waals surface area (Å²) >= 11 is 0. The van der Waals surface area contributed by atoms with Gasteiger partial charge in [-0.25, -0.2) is 4.39 Å². The molecular weight excluding hydrogens is 247 g/mol. The number of halogens is 1. The molecule has 1 N–H and O–H groups in total. The van der Waals surface area contributed by atoms with Crippen LogP contribution < -0.4 is 5.32 Å². The quantitative estimate of drug-likeness (QED) is 0.883. The number of benzene rings is 1. The number of carbonyl (C=O) groups excluding carboxylic acids is 2. The predicted molar refractivity (Wildman–Crippen MR) is 71.3 cm³/mol. The Morgan fingerprint density at radius 1 is 1.37 bits per heavy atom. The average Bonchev–Trinajstić information content (AvgIpc) is 2.34. The van der Waals surface area contributed by atoms with E-state index in [1.165, 1.54) is 29.2 Å². The monoisotopic (exact) mass is 266 g/mol. The van der Waals surface area contributed by atoms with Crippen LogP contribution in [0.3, 0.4) is 0 Å². The summed E-state index contributed by atoms with van der Waals surface area (Å²) in [7, 11) is 0. The molecule has 5 heteroatoms. The van der Waals surface area contributed by atoms with Crippen molar-refractivity contribution < 1.29 is 14.0 Å². The van der Waals surface area contributed by atoms with Crippen LogP contribution in [0.15, 0.2) is 24.3 Å². The second kappa shape index (κ2) is 6.87. The Labute approximate surface area is 112 Å². The molecule has 4 nitrogen and oxygen atoms in total. The lowest BCUT2D eigenvalue weighted by Gasteiger charge is -2.21. The van der Waals surface area contributed by atoms with Crippen LogP contribution in [0, 0.1) is 5.82 Å². The van der Waals surface area contributed by atoms with E-state index in [0.717, 1.165) is 0 Å². The van der Waals surface area contributed by atoms with Gasteiger partial charge in [-0.3, -0.25) is 9.59 Å². The molecule has 104 valence electrons. The van der Waals surface area contributed by atoms with E-state index in [9.17, 15) is 14.0 Å². The summed E-state index contributed by atoms with van der Waals surface area (Å²) in [6.45, 7) is 5.84. The van der Waals surface area contributed by atoms with Crippen molar-refractivity contribution in [1.29, 1.82) is 0 Å². The van der Waals surface area contributed by atoms with Crippen molar-refractivity contribution in [2.24, 2.45) is 0 Å². The number of amides is 2. The molecule has 0 spiro atoms. The van der Waals surface area contributed by atoms with Crippen molar-refractivity contribution in [3.05, 3.63) is 35.6 Å². The van der Waals surface area contributed by atoms with E-state index in [2.05, 4.69) is 5.32 Å². The van der Waals surface area contributed by atoms with Crippen LogP contribution in [0.2, 0.25) is 0 Å². The molecule has 19 heavy (non-hydrogen) atoms. The fraction of sp³-hybridized carbons (Fsp3) is 0.429. The highest BCUT2D eigenvalue weighted by molar-refractivity contribution is 5.96. The smallest absolute Gasteiger partial charge is 0.254 e. The number of nitrogens with zero attached hydrogens (tertiary/aromatic N) is 1. The van der Waals surface area contributed by atoms with Crippen LogP contribution in [0.5, 0.6) is 0 Å². The Bertz CT molecular complexity index is 461. The van der Waals surface area contributed by atoms with Gasteiger partial charge >= 0.3 is 0 Å². The summed E-state index contributed by atoms with van der Waals surface area (Å²) in [5.41, 5.74) is 0.249. The number of likely N-dealkylation sites (N-methyl/N-ethyl adjacent to an activating group) is 1. The van der Waals surface area contributed by atoms with Crippen LogP contribution in [0.1, 0.15) is 31.1 Å². The van der Waals surface area contributed by atoms with Gasteiger partial charge in [-0.05, 0) is 39.0 Å². The first-order valence-corrected chi connectivity index (χ1v) is 6.28. The topological polar surface area (TPSA) is 49.4 Å². The lowest BCUT2D eigenvalue weighted by molar-refractivity contribution is -0.122. The standard InChI is InChI=1S/C14H19FN2O2/c1-4-17(9-13(18)16-10(2)3)14(19)11-6-5-7-12(15)8-11/h5-8,10H,4,9H2,1-3H3,(H,16,18). The fourth-order valence-corrected chi connectivity index (χ4v) is 1.67. The number of rotatable bonds is 5. The zero-order valence-electron chi connectivity index (χ0n) is 11.4. The normalized spacial score (nSPS) is 10.4. The van der Waals surface area contributed by atoms with Crippen molar-refractivity contribution in [2.45, 2.75) is 26.8 Å². The van der Waals surface area contributed by atoms with Gasteiger partial charge in [0.05, 0.1) is 6.54 Å². The van der Waals surface area contributed by atoms with Crippen LogP contribution >= 0.6 is 0 Å². The first kappa shape index (κ1) is 15.1. The molecule has 0 fully saturated rings. The minimum absolute atomic E-state index is 0.0236. The molecule has 1 aromatic carbocycles. The first-order chi connectivity index (χ1) is 8.93. The number of hydrogen-bond donors (Lipinski definition) is 1. The SMILES string of the molecule is CCN(CC(=O)NC(C)C)C(=O)c1cccc(F)c1. The molecule has 0 bridgehead atoms. The van der Waals surface area contributed by atoms with E-state index < -0.39 is 5.82 Å². The zero-order chi connectivity index (χ0) is 14.4. The van der Waals surface area contributed by atoms with Gasteiger partial charge in [0.15, 0.2) is 0 Å². The molecule has 0 heterocycles. The third-order valence-electron chi connectivity index (χ3n) is 2.52. The number of carbonyl (C=O) groups is 2. The van der Waals surface area contributed by atoms with Gasteiger partial charge in [-0.1, -0.05) is 6.07 Å². The molecule has 0 aliphatic rings. The van der Waals surface area contributed by atoms with Gasteiger partial charge in [0.2, 0.25) is 5.91 Å². The van der Waals surface area contributed by atoms with E-state index in [4.69, 9.17) is 0 Å². The second-order valence-electron chi connectivity index (χ2n) is 4.55. The molecular formula is C14H19FN2O2. The summed E-state index contributed by atoms with van der Waals surface area (Å²) in [6, 6.07) is 5.48. The Morgan fingerprint density at radius 2 is 2.05 bits per heavy atom. The van der Waals surface area contributed by atoms with Crippen LogP contribution in [0.25, 0.3) is 0 Å². The van der Waals surface area contributed by atoms with Crippen molar-refractivity contribution in [1.82, 2.24) is 10.2 Å². The van der Waals surface area contributed by atoms with Gasteiger partial charge in [0.1, 0.15) is 5.82 Å². The van der Waals surface area contributed by atoms with Crippen LogP contribution in [0.4, 0.5) is 4.39 Å². The van der Waals surface area contributed by atoms with Crippen molar-refractivity contribution in [3.8, 4) is 0 Å². The molecule has 0 aromatic heterocycles. The molecule has 0 unspecified atom stereocenters. The number of nitrogens with one attached hydrogen (secondary N) is 1. The predicted octanol–water partition coefficient (Wildman–Crippen LogP) is 1.81. The maximum Gasteiger partial charge on any atom is 0.254 e. The Balaban J connectivity index is 2.74. The Kier molecular flexibility index (Phi) is 5.48. The summed E-state index contributed by atoms with van der Waals surface area (Å²) in [6.07, 6.45) is 0. The maximum absolute atomic E-state index is 13.1.